The van der Waals surface area contributed by atoms with Gasteiger partial charge in [0.25, 0.3) is 5.91 Å². The number of fused-ring (bicyclic) bond motifs is 1. The van der Waals surface area contributed by atoms with Crippen molar-refractivity contribution in [3.05, 3.63) is 75.8 Å². The molecule has 0 unspecified atom stereocenters. The van der Waals surface area contributed by atoms with E-state index in [0.29, 0.717) is 23.0 Å². The summed E-state index contributed by atoms with van der Waals surface area (Å²) in [5.74, 6) is -0.0837. The minimum absolute atomic E-state index is 0.0837. The number of amides is 1. The van der Waals surface area contributed by atoms with Crippen molar-refractivity contribution in [3.63, 3.8) is 0 Å². The predicted molar refractivity (Wildman–Crippen MR) is 135 cm³/mol. The van der Waals surface area contributed by atoms with Crippen molar-refractivity contribution in [1.29, 1.82) is 0 Å². The molecular weight excluding hydrogens is 492 g/mol. The van der Waals surface area contributed by atoms with Crippen molar-refractivity contribution in [2.45, 2.75) is 18.7 Å². The molecule has 2 aromatic carbocycles. The van der Waals surface area contributed by atoms with Crippen molar-refractivity contribution in [3.8, 4) is 5.69 Å². The van der Waals surface area contributed by atoms with Crippen LogP contribution >= 0.6 is 22.9 Å². The van der Waals surface area contributed by atoms with Gasteiger partial charge >= 0.3 is 0 Å². The van der Waals surface area contributed by atoms with E-state index >= 15 is 0 Å². The molecule has 5 rings (SSSR count). The number of piperazine rings is 1. The second kappa shape index (κ2) is 8.81. The zero-order valence-corrected chi connectivity index (χ0v) is 21.1. The fourth-order valence-corrected chi connectivity index (χ4v) is 6.76. The van der Waals surface area contributed by atoms with E-state index < -0.39 is 10.0 Å². The zero-order chi connectivity index (χ0) is 24.0. The number of thiophene rings is 1. The summed E-state index contributed by atoms with van der Waals surface area (Å²) in [6.07, 6.45) is 0. The first-order chi connectivity index (χ1) is 16.2. The Bertz CT molecular complexity index is 1470. The lowest BCUT2D eigenvalue weighted by Gasteiger charge is -2.33. The number of hydrogen-bond donors (Lipinski definition) is 0. The van der Waals surface area contributed by atoms with E-state index in [1.54, 1.807) is 17.0 Å². The number of rotatable bonds is 4. The average molecular weight is 515 g/mol. The topological polar surface area (TPSA) is 75.5 Å². The third-order valence-corrected chi connectivity index (χ3v) is 9.27. The Morgan fingerprint density at radius 1 is 0.971 bits per heavy atom. The molecule has 1 aliphatic rings. The maximum atomic E-state index is 13.3. The maximum Gasteiger partial charge on any atom is 0.264 e. The molecule has 1 amide bonds. The van der Waals surface area contributed by atoms with Crippen LogP contribution in [0.25, 0.3) is 15.9 Å². The first kappa shape index (κ1) is 23.0. The molecular formula is C24H23ClN4O3S2. The number of aryl methyl sites for hydroxylation is 2. The molecule has 0 bridgehead atoms. The van der Waals surface area contributed by atoms with Gasteiger partial charge in [0.15, 0.2) is 0 Å². The van der Waals surface area contributed by atoms with Gasteiger partial charge < -0.3 is 4.90 Å². The number of sulfonamides is 1. The molecule has 10 heteroatoms. The molecule has 0 spiro atoms. The van der Waals surface area contributed by atoms with E-state index in [1.165, 1.54) is 33.3 Å². The molecule has 1 aliphatic heterocycles. The molecule has 3 heterocycles. The molecule has 1 fully saturated rings. The molecule has 0 radical (unpaired) electrons. The molecule has 1 saturated heterocycles. The van der Waals surface area contributed by atoms with Gasteiger partial charge in [-0.05, 0) is 56.3 Å². The van der Waals surface area contributed by atoms with Gasteiger partial charge in [-0.1, -0.05) is 29.3 Å². The van der Waals surface area contributed by atoms with Crippen molar-refractivity contribution >= 4 is 49.1 Å². The van der Waals surface area contributed by atoms with E-state index in [9.17, 15) is 13.2 Å². The number of benzene rings is 2. The Morgan fingerprint density at radius 2 is 1.62 bits per heavy atom. The summed E-state index contributed by atoms with van der Waals surface area (Å²) >= 11 is 7.30. The summed E-state index contributed by atoms with van der Waals surface area (Å²) in [5.41, 5.74) is 2.98. The minimum Gasteiger partial charge on any atom is -0.335 e. The zero-order valence-electron chi connectivity index (χ0n) is 18.7. The average Bonchev–Trinajstić information content (AvgIpc) is 3.40. The smallest absolute Gasteiger partial charge is 0.264 e. The largest absolute Gasteiger partial charge is 0.335 e. The highest BCUT2D eigenvalue weighted by Crippen LogP contribution is 2.31. The van der Waals surface area contributed by atoms with Crippen LogP contribution in [0.2, 0.25) is 5.02 Å². The number of carbonyl (C=O) groups excluding carboxylic acids is 1. The van der Waals surface area contributed by atoms with Gasteiger partial charge in [-0.2, -0.15) is 9.40 Å². The van der Waals surface area contributed by atoms with Crippen molar-refractivity contribution in [1.82, 2.24) is 19.0 Å². The Balaban J connectivity index is 1.34. The standard InChI is InChI=1S/C24H23ClN4O3S2/c1-16-3-7-19(8-4-16)29-24-21(17(2)26-29)15-22(33-24)23(30)27-11-13-28(14-12-27)34(31,32)20-9-5-18(25)6-10-20/h3-10,15H,11-14H2,1-2H3. The van der Waals surface area contributed by atoms with Gasteiger partial charge in [-0.15, -0.1) is 11.3 Å². The Hall–Kier alpha value is -2.72. The maximum absolute atomic E-state index is 13.3. The Labute approximate surface area is 207 Å². The molecule has 34 heavy (non-hydrogen) atoms. The SMILES string of the molecule is Cc1ccc(-n2nc(C)c3cc(C(=O)N4CCN(S(=O)(=O)c5ccc(Cl)cc5)CC4)sc32)cc1. The van der Waals surface area contributed by atoms with Crippen LogP contribution in [0.5, 0.6) is 0 Å². The second-order valence-electron chi connectivity index (χ2n) is 8.31. The van der Waals surface area contributed by atoms with Crippen LogP contribution in [-0.2, 0) is 10.0 Å². The number of nitrogens with zero attached hydrogens (tertiary/aromatic N) is 4. The molecule has 0 aliphatic carbocycles. The van der Waals surface area contributed by atoms with Crippen LogP contribution in [0.1, 0.15) is 20.9 Å². The lowest BCUT2D eigenvalue weighted by Crippen LogP contribution is -2.50. The van der Waals surface area contributed by atoms with Crippen LogP contribution in [0.4, 0.5) is 0 Å². The fourth-order valence-electron chi connectivity index (χ4n) is 4.06. The van der Waals surface area contributed by atoms with Gasteiger partial charge in [0, 0.05) is 36.6 Å². The summed E-state index contributed by atoms with van der Waals surface area (Å²) in [7, 11) is -3.62. The van der Waals surface area contributed by atoms with E-state index in [4.69, 9.17) is 11.6 Å². The summed E-state index contributed by atoms with van der Waals surface area (Å²) in [6.45, 7) is 5.14. The first-order valence-electron chi connectivity index (χ1n) is 10.9. The molecule has 7 nitrogen and oxygen atoms in total. The summed E-state index contributed by atoms with van der Waals surface area (Å²) in [6, 6.07) is 16.1. The fraction of sp³-hybridized carbons (Fsp3) is 0.250. The number of aromatic nitrogens is 2. The first-order valence-corrected chi connectivity index (χ1v) is 13.5. The van der Waals surface area contributed by atoms with E-state index in [2.05, 4.69) is 5.10 Å². The molecule has 0 saturated carbocycles. The van der Waals surface area contributed by atoms with Gasteiger partial charge in [-0.25, -0.2) is 13.1 Å². The molecule has 0 atom stereocenters. The third kappa shape index (κ3) is 4.13. The molecule has 2 aromatic heterocycles. The second-order valence-corrected chi connectivity index (χ2v) is 11.7. The quantitative estimate of drug-likeness (QED) is 0.402. The van der Waals surface area contributed by atoms with Gasteiger partial charge in [0.1, 0.15) is 4.83 Å². The van der Waals surface area contributed by atoms with Crippen LogP contribution in [0.3, 0.4) is 0 Å². The third-order valence-electron chi connectivity index (χ3n) is 6.01. The van der Waals surface area contributed by atoms with Crippen molar-refractivity contribution in [2.75, 3.05) is 26.2 Å². The van der Waals surface area contributed by atoms with Gasteiger partial charge in [0.05, 0.1) is 21.2 Å². The molecule has 0 N–H and O–H groups in total. The normalized spacial score (nSPS) is 15.2. The van der Waals surface area contributed by atoms with E-state index in [1.807, 2.05) is 48.9 Å². The Morgan fingerprint density at radius 3 is 2.26 bits per heavy atom. The van der Waals surface area contributed by atoms with Crippen molar-refractivity contribution < 1.29 is 13.2 Å². The highest BCUT2D eigenvalue weighted by molar-refractivity contribution is 7.89. The number of hydrogen-bond acceptors (Lipinski definition) is 5. The van der Waals surface area contributed by atoms with E-state index in [0.717, 1.165) is 21.6 Å². The monoisotopic (exact) mass is 514 g/mol. The number of halogens is 1. The highest BCUT2D eigenvalue weighted by atomic mass is 35.5. The summed E-state index contributed by atoms with van der Waals surface area (Å²) < 4.78 is 29.2. The van der Waals surface area contributed by atoms with E-state index in [-0.39, 0.29) is 23.9 Å². The van der Waals surface area contributed by atoms with Crippen LogP contribution < -0.4 is 0 Å². The molecule has 176 valence electrons. The van der Waals surface area contributed by atoms with Crippen molar-refractivity contribution in [2.24, 2.45) is 0 Å². The Kier molecular flexibility index (Phi) is 5.97. The highest BCUT2D eigenvalue weighted by Gasteiger charge is 2.31. The molecule has 4 aromatic rings. The van der Waals surface area contributed by atoms with Gasteiger partial charge in [-0.3, -0.25) is 4.79 Å². The lowest BCUT2D eigenvalue weighted by atomic mass is 10.2. The summed E-state index contributed by atoms with van der Waals surface area (Å²) in [4.78, 5) is 16.7. The minimum atomic E-state index is -3.62. The number of carbonyl (C=O) groups is 1. The summed E-state index contributed by atoms with van der Waals surface area (Å²) in [5, 5.41) is 6.10. The van der Waals surface area contributed by atoms with Crippen LogP contribution in [0.15, 0.2) is 59.5 Å². The lowest BCUT2D eigenvalue weighted by molar-refractivity contribution is 0.0703. The van der Waals surface area contributed by atoms with Gasteiger partial charge in [0.2, 0.25) is 10.0 Å². The van der Waals surface area contributed by atoms with Crippen LogP contribution in [-0.4, -0.2) is 59.5 Å². The predicted octanol–water partition coefficient (Wildman–Crippen LogP) is 4.50. The van der Waals surface area contributed by atoms with Crippen LogP contribution in [0, 0.1) is 13.8 Å².